The van der Waals surface area contributed by atoms with Gasteiger partial charge >= 0.3 is 0 Å². The lowest BCUT2D eigenvalue weighted by atomic mass is 10.0. The Labute approximate surface area is 116 Å². The molecule has 1 atom stereocenters. The van der Waals surface area contributed by atoms with Crippen LogP contribution in [-0.2, 0) is 0 Å². The molecule has 100 valence electrons. The normalized spacial score (nSPS) is 12.0. The average molecular weight is 281 g/mol. The summed E-state index contributed by atoms with van der Waals surface area (Å²) in [7, 11) is 3.01. The number of hydrogen-bond acceptors (Lipinski definition) is 2. The van der Waals surface area contributed by atoms with Gasteiger partial charge in [0.05, 0.1) is 19.6 Å². The predicted molar refractivity (Wildman–Crippen MR) is 73.6 cm³/mol. The minimum absolute atomic E-state index is 0.202. The van der Waals surface area contributed by atoms with Crippen LogP contribution in [0.3, 0.4) is 0 Å². The van der Waals surface area contributed by atoms with Gasteiger partial charge in [-0.1, -0.05) is 24.3 Å². The summed E-state index contributed by atoms with van der Waals surface area (Å²) in [4.78, 5) is 0. The van der Waals surface area contributed by atoms with Gasteiger partial charge in [-0.25, -0.2) is 4.39 Å². The van der Waals surface area contributed by atoms with E-state index in [0.717, 1.165) is 5.56 Å². The highest BCUT2D eigenvalue weighted by Gasteiger charge is 2.16. The van der Waals surface area contributed by atoms with Crippen molar-refractivity contribution >= 4 is 11.6 Å². The molecule has 4 heteroatoms. The van der Waals surface area contributed by atoms with Crippen LogP contribution in [0.15, 0.2) is 42.5 Å². The molecular formula is C15H14ClFO2. The molecule has 0 N–H and O–H groups in total. The van der Waals surface area contributed by atoms with Crippen molar-refractivity contribution in [3.63, 3.8) is 0 Å². The first-order valence-corrected chi connectivity index (χ1v) is 6.21. The Balaban J connectivity index is 2.38. The third kappa shape index (κ3) is 2.82. The van der Waals surface area contributed by atoms with Gasteiger partial charge < -0.3 is 9.47 Å². The topological polar surface area (TPSA) is 18.5 Å². The summed E-state index contributed by atoms with van der Waals surface area (Å²) in [5.41, 5.74) is 1.46. The van der Waals surface area contributed by atoms with Crippen molar-refractivity contribution < 1.29 is 13.9 Å². The Morgan fingerprint density at radius 1 is 1.00 bits per heavy atom. The molecule has 0 aliphatic rings. The van der Waals surface area contributed by atoms with Crippen molar-refractivity contribution in [3.05, 3.63) is 59.4 Å². The number of benzene rings is 2. The van der Waals surface area contributed by atoms with Gasteiger partial charge in [0.1, 0.15) is 5.75 Å². The summed E-state index contributed by atoms with van der Waals surface area (Å²) in [5.74, 6) is 0.451. The van der Waals surface area contributed by atoms with Gasteiger partial charge in [0, 0.05) is 5.56 Å². The van der Waals surface area contributed by atoms with E-state index in [2.05, 4.69) is 0 Å². The summed E-state index contributed by atoms with van der Waals surface area (Å²) in [6, 6.07) is 12.1. The van der Waals surface area contributed by atoms with Crippen molar-refractivity contribution in [3.8, 4) is 11.5 Å². The molecule has 0 spiro atoms. The molecule has 2 aromatic rings. The number of hydrogen-bond donors (Lipinski definition) is 0. The summed E-state index contributed by atoms with van der Waals surface area (Å²) in [6.45, 7) is 0. The second-order valence-corrected chi connectivity index (χ2v) is 4.43. The van der Waals surface area contributed by atoms with Crippen molar-refractivity contribution in [2.24, 2.45) is 0 Å². The Morgan fingerprint density at radius 3 is 2.32 bits per heavy atom. The highest BCUT2D eigenvalue weighted by atomic mass is 35.5. The van der Waals surface area contributed by atoms with Crippen molar-refractivity contribution in [1.82, 2.24) is 0 Å². The summed E-state index contributed by atoms with van der Waals surface area (Å²) >= 11 is 6.40. The first-order valence-electron chi connectivity index (χ1n) is 5.77. The number of methoxy groups -OCH3 is 2. The first kappa shape index (κ1) is 13.7. The monoisotopic (exact) mass is 280 g/mol. The fourth-order valence-corrected chi connectivity index (χ4v) is 2.21. The molecule has 0 heterocycles. The standard InChI is InChI=1S/C15H14ClFO2/c1-18-13-6-4-3-5-11(13)15(16)10-7-8-14(19-2)12(17)9-10/h3-9,15H,1-2H3. The van der Waals surface area contributed by atoms with Gasteiger partial charge in [0.25, 0.3) is 0 Å². The number of alkyl halides is 1. The lowest BCUT2D eigenvalue weighted by molar-refractivity contribution is 0.386. The van der Waals surface area contributed by atoms with Crippen LogP contribution in [0.2, 0.25) is 0 Å². The van der Waals surface area contributed by atoms with E-state index in [1.54, 1.807) is 19.2 Å². The molecule has 0 saturated heterocycles. The van der Waals surface area contributed by atoms with Gasteiger partial charge in [0.15, 0.2) is 11.6 Å². The van der Waals surface area contributed by atoms with E-state index < -0.39 is 11.2 Å². The largest absolute Gasteiger partial charge is 0.496 e. The molecule has 2 aromatic carbocycles. The Morgan fingerprint density at radius 2 is 1.68 bits per heavy atom. The van der Waals surface area contributed by atoms with Crippen LogP contribution in [0.4, 0.5) is 4.39 Å². The van der Waals surface area contributed by atoms with Crippen LogP contribution >= 0.6 is 11.6 Å². The molecule has 2 rings (SSSR count). The van der Waals surface area contributed by atoms with E-state index in [9.17, 15) is 4.39 Å². The number of ether oxygens (including phenoxy) is 2. The molecule has 0 aliphatic carbocycles. The minimum Gasteiger partial charge on any atom is -0.496 e. The average Bonchev–Trinajstić information content (AvgIpc) is 2.46. The Bertz CT molecular complexity index is 572. The van der Waals surface area contributed by atoms with Crippen LogP contribution < -0.4 is 9.47 Å². The molecular weight excluding hydrogens is 267 g/mol. The minimum atomic E-state index is -0.475. The van der Waals surface area contributed by atoms with E-state index >= 15 is 0 Å². The summed E-state index contributed by atoms with van der Waals surface area (Å²) < 4.78 is 23.8. The van der Waals surface area contributed by atoms with Gasteiger partial charge in [-0.3, -0.25) is 0 Å². The maximum absolute atomic E-state index is 13.7. The molecule has 0 radical (unpaired) electrons. The molecule has 0 amide bonds. The number of halogens is 2. The van der Waals surface area contributed by atoms with Gasteiger partial charge in [0.2, 0.25) is 0 Å². The van der Waals surface area contributed by atoms with E-state index in [4.69, 9.17) is 21.1 Å². The van der Waals surface area contributed by atoms with Crippen molar-refractivity contribution in [1.29, 1.82) is 0 Å². The van der Waals surface area contributed by atoms with Crippen LogP contribution in [0.1, 0.15) is 16.5 Å². The zero-order valence-electron chi connectivity index (χ0n) is 10.7. The van der Waals surface area contributed by atoms with Gasteiger partial charge in [-0.15, -0.1) is 11.6 Å². The molecule has 0 bridgehead atoms. The van der Waals surface area contributed by atoms with E-state index in [1.807, 2.05) is 24.3 Å². The van der Waals surface area contributed by atoms with E-state index in [1.165, 1.54) is 13.2 Å². The van der Waals surface area contributed by atoms with E-state index in [0.29, 0.717) is 11.3 Å². The third-order valence-corrected chi connectivity index (χ3v) is 3.37. The number of para-hydroxylation sites is 1. The third-order valence-electron chi connectivity index (χ3n) is 2.88. The van der Waals surface area contributed by atoms with Crippen LogP contribution in [0.5, 0.6) is 11.5 Å². The lowest BCUT2D eigenvalue weighted by Gasteiger charge is -2.15. The van der Waals surface area contributed by atoms with Crippen LogP contribution in [0.25, 0.3) is 0 Å². The first-order chi connectivity index (χ1) is 9.17. The molecule has 1 unspecified atom stereocenters. The maximum atomic E-state index is 13.7. The van der Waals surface area contributed by atoms with Crippen molar-refractivity contribution in [2.75, 3.05) is 14.2 Å². The molecule has 2 nitrogen and oxygen atoms in total. The highest BCUT2D eigenvalue weighted by Crippen LogP contribution is 2.36. The molecule has 0 saturated carbocycles. The quantitative estimate of drug-likeness (QED) is 0.783. The fourth-order valence-electron chi connectivity index (χ4n) is 1.90. The fraction of sp³-hybridized carbons (Fsp3) is 0.200. The second-order valence-electron chi connectivity index (χ2n) is 4.00. The predicted octanol–water partition coefficient (Wildman–Crippen LogP) is 4.17. The van der Waals surface area contributed by atoms with Crippen LogP contribution in [0, 0.1) is 5.82 Å². The Hall–Kier alpha value is -1.74. The molecule has 0 fully saturated rings. The van der Waals surface area contributed by atoms with Crippen molar-refractivity contribution in [2.45, 2.75) is 5.38 Å². The highest BCUT2D eigenvalue weighted by molar-refractivity contribution is 6.22. The molecule has 0 aromatic heterocycles. The summed E-state index contributed by atoms with van der Waals surface area (Å²) in [5, 5.41) is -0.475. The molecule has 19 heavy (non-hydrogen) atoms. The lowest BCUT2D eigenvalue weighted by Crippen LogP contribution is -1.98. The van der Waals surface area contributed by atoms with Gasteiger partial charge in [-0.2, -0.15) is 0 Å². The van der Waals surface area contributed by atoms with Crippen LogP contribution in [-0.4, -0.2) is 14.2 Å². The number of rotatable bonds is 4. The maximum Gasteiger partial charge on any atom is 0.165 e. The van der Waals surface area contributed by atoms with Gasteiger partial charge in [-0.05, 0) is 23.8 Å². The smallest absolute Gasteiger partial charge is 0.165 e. The zero-order chi connectivity index (χ0) is 13.8. The summed E-state index contributed by atoms with van der Waals surface area (Å²) in [6.07, 6.45) is 0. The molecule has 0 aliphatic heterocycles. The zero-order valence-corrected chi connectivity index (χ0v) is 11.4. The Kier molecular flexibility index (Phi) is 4.27. The second kappa shape index (κ2) is 5.93. The van der Waals surface area contributed by atoms with E-state index in [-0.39, 0.29) is 5.75 Å². The SMILES string of the molecule is COc1ccc(C(Cl)c2ccccc2OC)cc1F.